The fourth-order valence-electron chi connectivity index (χ4n) is 2.77. The van der Waals surface area contributed by atoms with Crippen LogP contribution in [0.1, 0.15) is 30.1 Å². The fourth-order valence-corrected chi connectivity index (χ4v) is 3.72. The second-order valence-electron chi connectivity index (χ2n) is 5.66. The number of aliphatic hydroxyl groups excluding tert-OH is 1. The average Bonchev–Trinajstić information content (AvgIpc) is 3.10. The standard InChI is InChI=1S/C17H17NOS/c19-17(12-5-6-12)13-7-8-18(9-13)10-14-11-20-16-4-2-1-3-15(14)16/h1-4,7-9,11-12,17,19H,5-6,10H2. The van der Waals surface area contributed by atoms with Crippen molar-refractivity contribution in [2.24, 2.45) is 5.92 Å². The molecule has 102 valence electrons. The number of aliphatic hydroxyl groups is 1. The normalized spacial score (nSPS) is 16.6. The highest BCUT2D eigenvalue weighted by molar-refractivity contribution is 7.17. The Morgan fingerprint density at radius 1 is 1.25 bits per heavy atom. The van der Waals surface area contributed by atoms with Crippen LogP contribution in [0.2, 0.25) is 0 Å². The van der Waals surface area contributed by atoms with Crippen molar-refractivity contribution >= 4 is 21.4 Å². The van der Waals surface area contributed by atoms with Gasteiger partial charge in [0.15, 0.2) is 0 Å². The van der Waals surface area contributed by atoms with Crippen LogP contribution in [0.4, 0.5) is 0 Å². The molecule has 1 N–H and O–H groups in total. The van der Waals surface area contributed by atoms with Crippen molar-refractivity contribution in [2.75, 3.05) is 0 Å². The minimum Gasteiger partial charge on any atom is -0.388 e. The summed E-state index contributed by atoms with van der Waals surface area (Å²) >= 11 is 1.80. The zero-order valence-corrected chi connectivity index (χ0v) is 12.0. The molecule has 1 saturated carbocycles. The Morgan fingerprint density at radius 2 is 2.10 bits per heavy atom. The molecule has 0 radical (unpaired) electrons. The highest BCUT2D eigenvalue weighted by Gasteiger charge is 2.31. The Kier molecular flexibility index (Phi) is 2.90. The quantitative estimate of drug-likeness (QED) is 0.763. The van der Waals surface area contributed by atoms with Gasteiger partial charge in [0.2, 0.25) is 0 Å². The Balaban J connectivity index is 1.59. The topological polar surface area (TPSA) is 25.2 Å². The molecule has 4 rings (SSSR count). The van der Waals surface area contributed by atoms with Gasteiger partial charge in [-0.2, -0.15) is 0 Å². The molecule has 1 aromatic carbocycles. The summed E-state index contributed by atoms with van der Waals surface area (Å²) in [6.07, 6.45) is 6.24. The number of fused-ring (bicyclic) bond motifs is 1. The monoisotopic (exact) mass is 283 g/mol. The zero-order valence-electron chi connectivity index (χ0n) is 11.2. The number of hydrogen-bond acceptors (Lipinski definition) is 2. The fraction of sp³-hybridized carbons (Fsp3) is 0.294. The van der Waals surface area contributed by atoms with Gasteiger partial charge in [-0.25, -0.2) is 0 Å². The first-order valence-electron chi connectivity index (χ1n) is 7.10. The number of benzene rings is 1. The lowest BCUT2D eigenvalue weighted by Crippen LogP contribution is -1.99. The highest BCUT2D eigenvalue weighted by atomic mass is 32.1. The maximum atomic E-state index is 10.2. The van der Waals surface area contributed by atoms with Crippen molar-refractivity contribution in [2.45, 2.75) is 25.5 Å². The lowest BCUT2D eigenvalue weighted by atomic mass is 10.1. The van der Waals surface area contributed by atoms with Gasteiger partial charge in [0, 0.05) is 23.6 Å². The predicted octanol–water partition coefficient (Wildman–Crippen LogP) is 4.19. The molecule has 2 nitrogen and oxygen atoms in total. The molecule has 1 fully saturated rings. The molecule has 1 aliphatic carbocycles. The molecule has 3 aromatic rings. The van der Waals surface area contributed by atoms with E-state index in [1.165, 1.54) is 28.5 Å². The van der Waals surface area contributed by atoms with E-state index in [0.717, 1.165) is 12.1 Å². The largest absolute Gasteiger partial charge is 0.388 e. The van der Waals surface area contributed by atoms with Crippen LogP contribution in [0.5, 0.6) is 0 Å². The molecule has 0 aliphatic heterocycles. The molecule has 20 heavy (non-hydrogen) atoms. The molecular weight excluding hydrogens is 266 g/mol. The molecule has 0 spiro atoms. The summed E-state index contributed by atoms with van der Waals surface area (Å²) in [6.45, 7) is 0.876. The third kappa shape index (κ3) is 2.17. The molecular formula is C17H17NOS. The molecule has 0 saturated heterocycles. The zero-order chi connectivity index (χ0) is 13.5. The average molecular weight is 283 g/mol. The van der Waals surface area contributed by atoms with Crippen LogP contribution in [-0.2, 0) is 6.54 Å². The SMILES string of the molecule is OC(c1ccn(Cc2csc3ccccc23)c1)C1CC1. The van der Waals surface area contributed by atoms with Crippen molar-refractivity contribution in [3.8, 4) is 0 Å². The number of rotatable bonds is 4. The molecule has 0 amide bonds. The van der Waals surface area contributed by atoms with Gasteiger partial charge in [-0.3, -0.25) is 0 Å². The lowest BCUT2D eigenvalue weighted by Gasteiger charge is -2.06. The van der Waals surface area contributed by atoms with Gasteiger partial charge >= 0.3 is 0 Å². The highest BCUT2D eigenvalue weighted by Crippen LogP contribution is 2.40. The van der Waals surface area contributed by atoms with Crippen molar-refractivity contribution in [1.82, 2.24) is 4.57 Å². The third-order valence-electron chi connectivity index (χ3n) is 4.10. The van der Waals surface area contributed by atoms with E-state index >= 15 is 0 Å². The Bertz CT molecular complexity index is 738. The van der Waals surface area contributed by atoms with Crippen LogP contribution in [0, 0.1) is 5.92 Å². The smallest absolute Gasteiger partial charge is 0.0832 e. The minimum atomic E-state index is -0.268. The van der Waals surface area contributed by atoms with Gasteiger partial charge in [0.05, 0.1) is 6.10 Å². The summed E-state index contributed by atoms with van der Waals surface area (Å²) in [6, 6.07) is 10.6. The molecule has 2 heterocycles. The summed E-state index contributed by atoms with van der Waals surface area (Å²) in [7, 11) is 0. The van der Waals surface area contributed by atoms with Gasteiger partial charge in [-0.05, 0) is 52.8 Å². The second-order valence-corrected chi connectivity index (χ2v) is 6.57. The number of nitrogens with zero attached hydrogens (tertiary/aromatic N) is 1. The minimum absolute atomic E-state index is 0.268. The molecule has 2 aromatic heterocycles. The van der Waals surface area contributed by atoms with E-state index in [4.69, 9.17) is 0 Å². The van der Waals surface area contributed by atoms with E-state index < -0.39 is 0 Å². The van der Waals surface area contributed by atoms with Crippen LogP contribution in [0.3, 0.4) is 0 Å². The van der Waals surface area contributed by atoms with Crippen LogP contribution in [0.15, 0.2) is 48.1 Å². The Labute approximate surface area is 122 Å². The van der Waals surface area contributed by atoms with Crippen molar-refractivity contribution in [3.63, 3.8) is 0 Å². The molecule has 1 atom stereocenters. The summed E-state index contributed by atoms with van der Waals surface area (Å²) in [5.41, 5.74) is 2.42. The Hall–Kier alpha value is -1.58. The first kappa shape index (κ1) is 12.2. The second kappa shape index (κ2) is 4.76. The Morgan fingerprint density at radius 3 is 2.95 bits per heavy atom. The van der Waals surface area contributed by atoms with Gasteiger partial charge < -0.3 is 9.67 Å². The van der Waals surface area contributed by atoms with Crippen molar-refractivity contribution in [3.05, 3.63) is 59.2 Å². The van der Waals surface area contributed by atoms with E-state index in [1.54, 1.807) is 11.3 Å². The van der Waals surface area contributed by atoms with Gasteiger partial charge in [-0.1, -0.05) is 18.2 Å². The van der Waals surface area contributed by atoms with E-state index in [-0.39, 0.29) is 6.10 Å². The summed E-state index contributed by atoms with van der Waals surface area (Å²) in [5.74, 6) is 0.493. The number of aromatic nitrogens is 1. The van der Waals surface area contributed by atoms with E-state index in [2.05, 4.69) is 52.7 Å². The maximum absolute atomic E-state index is 10.2. The predicted molar refractivity (Wildman–Crippen MR) is 83.0 cm³/mol. The number of hydrogen-bond donors (Lipinski definition) is 1. The molecule has 1 aliphatic rings. The first-order chi connectivity index (χ1) is 9.81. The van der Waals surface area contributed by atoms with Gasteiger partial charge in [0.25, 0.3) is 0 Å². The van der Waals surface area contributed by atoms with Crippen molar-refractivity contribution < 1.29 is 5.11 Å². The molecule has 0 bridgehead atoms. The van der Waals surface area contributed by atoms with E-state index in [0.29, 0.717) is 5.92 Å². The van der Waals surface area contributed by atoms with Crippen LogP contribution in [-0.4, -0.2) is 9.67 Å². The summed E-state index contributed by atoms with van der Waals surface area (Å²) in [5, 5.41) is 13.7. The van der Waals surface area contributed by atoms with Crippen LogP contribution < -0.4 is 0 Å². The van der Waals surface area contributed by atoms with Gasteiger partial charge in [-0.15, -0.1) is 11.3 Å². The van der Waals surface area contributed by atoms with E-state index in [1.807, 2.05) is 0 Å². The molecule has 3 heteroatoms. The summed E-state index contributed by atoms with van der Waals surface area (Å²) < 4.78 is 3.52. The first-order valence-corrected chi connectivity index (χ1v) is 7.98. The van der Waals surface area contributed by atoms with Crippen LogP contribution in [0.25, 0.3) is 10.1 Å². The van der Waals surface area contributed by atoms with E-state index in [9.17, 15) is 5.11 Å². The molecule has 1 unspecified atom stereocenters. The summed E-state index contributed by atoms with van der Waals surface area (Å²) in [4.78, 5) is 0. The van der Waals surface area contributed by atoms with Crippen molar-refractivity contribution in [1.29, 1.82) is 0 Å². The maximum Gasteiger partial charge on any atom is 0.0832 e. The van der Waals surface area contributed by atoms with Gasteiger partial charge in [0.1, 0.15) is 0 Å². The van der Waals surface area contributed by atoms with Crippen LogP contribution >= 0.6 is 11.3 Å². The third-order valence-corrected chi connectivity index (χ3v) is 5.11. The number of thiophene rings is 1. The lowest BCUT2D eigenvalue weighted by molar-refractivity contribution is 0.154.